The highest BCUT2D eigenvalue weighted by Crippen LogP contribution is 2.53. The number of primary amides is 1. The Kier molecular flexibility index (Phi) is 7.58. The molecule has 6 N–H and O–H groups in total. The summed E-state index contributed by atoms with van der Waals surface area (Å²) in [5, 5.41) is 45.1. The first kappa shape index (κ1) is 30.2. The molecule has 3 aliphatic rings. The number of phenolic OH excluding ortho intramolecular Hbond substituents is 1. The van der Waals surface area contributed by atoms with Gasteiger partial charge in [0.2, 0.25) is 5.78 Å². The van der Waals surface area contributed by atoms with E-state index < -0.39 is 58.0 Å². The van der Waals surface area contributed by atoms with Gasteiger partial charge in [-0.1, -0.05) is 42.5 Å². The highest BCUT2D eigenvalue weighted by atomic mass is 16.3. The number of ketones is 2. The van der Waals surface area contributed by atoms with Gasteiger partial charge in [-0.3, -0.25) is 19.3 Å². The normalized spacial score (nSPS) is 25.1. The summed E-state index contributed by atoms with van der Waals surface area (Å²) >= 11 is 0. The van der Waals surface area contributed by atoms with E-state index in [1.165, 1.54) is 11.0 Å². The van der Waals surface area contributed by atoms with Gasteiger partial charge in [0.1, 0.15) is 22.8 Å². The fraction of sp³-hybridized carbons (Fsp3) is 0.364. The van der Waals surface area contributed by atoms with Gasteiger partial charge in [-0.15, -0.1) is 0 Å². The summed E-state index contributed by atoms with van der Waals surface area (Å²) in [7, 11) is 7.12. The molecule has 0 bridgehead atoms. The second-order valence-corrected chi connectivity index (χ2v) is 12.3. The van der Waals surface area contributed by atoms with Gasteiger partial charge in [0.15, 0.2) is 11.4 Å². The van der Waals surface area contributed by atoms with Crippen LogP contribution in [0, 0.1) is 11.8 Å². The second kappa shape index (κ2) is 10.8. The molecule has 10 nitrogen and oxygen atoms in total. The number of carbonyl (C=O) groups excluding carboxylic acids is 3. The quantitative estimate of drug-likeness (QED) is 0.241. The molecule has 2 aromatic carbocycles. The number of aromatic hydroxyl groups is 1. The first-order chi connectivity index (χ1) is 20.2. The summed E-state index contributed by atoms with van der Waals surface area (Å²) in [6.45, 7) is 4.92. The molecule has 10 heteroatoms. The lowest BCUT2D eigenvalue weighted by Crippen LogP contribution is -2.65. The molecule has 226 valence electrons. The average molecular weight is 588 g/mol. The number of amides is 1. The molecule has 43 heavy (non-hydrogen) atoms. The minimum absolute atomic E-state index is 0.0355. The van der Waals surface area contributed by atoms with E-state index in [0.717, 1.165) is 35.2 Å². The number of aliphatic hydroxyl groups is 3. The molecule has 1 fully saturated rings. The summed E-state index contributed by atoms with van der Waals surface area (Å²) < 4.78 is 0. The van der Waals surface area contributed by atoms with Gasteiger partial charge in [-0.25, -0.2) is 0 Å². The Morgan fingerprint density at radius 1 is 1.05 bits per heavy atom. The second-order valence-electron chi connectivity index (χ2n) is 12.3. The average Bonchev–Trinajstić information content (AvgIpc) is 2.90. The van der Waals surface area contributed by atoms with Crippen LogP contribution in [0.25, 0.3) is 16.9 Å². The first-order valence-corrected chi connectivity index (χ1v) is 14.1. The Labute approximate surface area is 250 Å². The molecule has 0 aromatic heterocycles. The lowest BCUT2D eigenvalue weighted by molar-refractivity contribution is -0.153. The van der Waals surface area contributed by atoms with Crippen LogP contribution in [0.5, 0.6) is 5.75 Å². The van der Waals surface area contributed by atoms with Crippen molar-refractivity contribution in [1.29, 1.82) is 0 Å². The number of hydrogen-bond acceptors (Lipinski definition) is 9. The van der Waals surface area contributed by atoms with Gasteiger partial charge in [0.25, 0.3) is 5.91 Å². The number of likely N-dealkylation sites (N-methyl/N-ethyl adjacent to an activating group) is 2. The van der Waals surface area contributed by atoms with Crippen LogP contribution in [0.1, 0.15) is 23.1 Å². The summed E-state index contributed by atoms with van der Waals surface area (Å²) in [4.78, 5) is 43.0. The number of carbonyl (C=O) groups is 3. The van der Waals surface area contributed by atoms with Crippen LogP contribution in [0.4, 0.5) is 0 Å². The van der Waals surface area contributed by atoms with Gasteiger partial charge >= 0.3 is 0 Å². The van der Waals surface area contributed by atoms with Crippen molar-refractivity contribution >= 4 is 23.2 Å². The van der Waals surface area contributed by atoms with Crippen molar-refractivity contribution < 1.29 is 34.8 Å². The molecule has 0 aliphatic heterocycles. The van der Waals surface area contributed by atoms with Crippen molar-refractivity contribution in [1.82, 2.24) is 9.80 Å². The SMILES string of the molecule is C=C(Cc1ccc(-c2ccc(O)c3c2C[C@H]2C[C@H]4C(N(C)C)C(=O)C(C(N)=O)=C(O)[C@]4(O)C(=O)C2=C3O)cc1)CN(C)C. The van der Waals surface area contributed by atoms with Gasteiger partial charge in [-0.05, 0) is 81.7 Å². The standard InChI is InChI=1S/C33H37N3O7/c1-16(15-35(2)3)12-17-6-8-18(9-7-17)20-10-11-23(37)25-21(20)13-19-14-22-27(36(4)5)29(39)26(32(34)42)31(41)33(22,43)30(40)24(19)28(25)38/h6-11,19,22,27,37-38,41,43H,1,12-15H2,2-5H3,(H2,34,42)/t19-,22-,27?,33+/m0/s1. The molecule has 1 saturated carbocycles. The van der Waals surface area contributed by atoms with Crippen LogP contribution in [-0.4, -0.2) is 94.1 Å². The number of Topliss-reactive ketones (excluding diaryl/α,β-unsaturated/α-hetero) is 2. The maximum absolute atomic E-state index is 14.0. The number of aliphatic hydroxyl groups excluding tert-OH is 2. The Hall–Kier alpha value is -4.25. The van der Waals surface area contributed by atoms with Gasteiger partial charge < -0.3 is 31.1 Å². The molecular formula is C33H37N3O7. The first-order valence-electron chi connectivity index (χ1n) is 14.1. The molecule has 0 radical (unpaired) electrons. The third kappa shape index (κ3) is 4.75. The number of rotatable bonds is 7. The molecule has 1 unspecified atom stereocenters. The van der Waals surface area contributed by atoms with E-state index in [9.17, 15) is 34.8 Å². The minimum Gasteiger partial charge on any atom is -0.508 e. The van der Waals surface area contributed by atoms with Gasteiger partial charge in [0.05, 0.1) is 11.6 Å². The highest BCUT2D eigenvalue weighted by molar-refractivity contribution is 6.24. The third-order valence-corrected chi connectivity index (χ3v) is 8.86. The third-order valence-electron chi connectivity index (χ3n) is 8.86. The van der Waals surface area contributed by atoms with Crippen LogP contribution in [-0.2, 0) is 27.2 Å². The molecule has 0 saturated heterocycles. The zero-order valence-electron chi connectivity index (χ0n) is 24.7. The van der Waals surface area contributed by atoms with E-state index in [2.05, 4.69) is 11.5 Å². The van der Waals surface area contributed by atoms with Gasteiger partial charge in [0, 0.05) is 18.0 Å². The molecule has 2 aromatic rings. The lowest BCUT2D eigenvalue weighted by atomic mass is 9.57. The van der Waals surface area contributed by atoms with E-state index in [4.69, 9.17) is 5.73 Å². The summed E-state index contributed by atoms with van der Waals surface area (Å²) in [5.74, 6) is -6.69. The van der Waals surface area contributed by atoms with E-state index in [0.29, 0.717) is 5.56 Å². The molecule has 3 aliphatic carbocycles. The highest BCUT2D eigenvalue weighted by Gasteiger charge is 2.64. The maximum atomic E-state index is 14.0. The number of phenols is 1. The molecular weight excluding hydrogens is 550 g/mol. The number of hydrogen-bond donors (Lipinski definition) is 5. The summed E-state index contributed by atoms with van der Waals surface area (Å²) in [6.07, 6.45) is 0.978. The fourth-order valence-corrected chi connectivity index (χ4v) is 7.11. The Balaban J connectivity index is 1.60. The molecule has 1 amide bonds. The van der Waals surface area contributed by atoms with E-state index in [1.54, 1.807) is 20.2 Å². The van der Waals surface area contributed by atoms with Crippen LogP contribution >= 0.6 is 0 Å². The molecule has 5 rings (SSSR count). The predicted octanol–water partition coefficient (Wildman–Crippen LogP) is 2.29. The van der Waals surface area contributed by atoms with E-state index in [1.807, 2.05) is 38.4 Å². The Morgan fingerprint density at radius 2 is 1.70 bits per heavy atom. The predicted molar refractivity (Wildman–Crippen MR) is 161 cm³/mol. The number of nitrogens with two attached hydrogens (primary N) is 1. The fourth-order valence-electron chi connectivity index (χ4n) is 7.11. The maximum Gasteiger partial charge on any atom is 0.255 e. The van der Waals surface area contributed by atoms with Crippen molar-refractivity contribution in [3.05, 3.63) is 82.1 Å². The topological polar surface area (TPSA) is 165 Å². The zero-order chi connectivity index (χ0) is 31.5. The monoisotopic (exact) mass is 587 g/mol. The summed E-state index contributed by atoms with van der Waals surface area (Å²) in [6, 6.07) is 10.00. The molecule has 0 heterocycles. The van der Waals surface area contributed by atoms with Crippen molar-refractivity contribution in [3.8, 4) is 16.9 Å². The molecule has 4 atom stereocenters. The van der Waals surface area contributed by atoms with Crippen LogP contribution in [0.2, 0.25) is 0 Å². The number of benzene rings is 2. The number of nitrogens with zero attached hydrogens (tertiary/aromatic N) is 2. The Bertz CT molecular complexity index is 1620. The van der Waals surface area contributed by atoms with Crippen molar-refractivity contribution in [2.45, 2.75) is 30.9 Å². The minimum atomic E-state index is -2.66. The summed E-state index contributed by atoms with van der Waals surface area (Å²) in [5.41, 5.74) is 6.17. The van der Waals surface area contributed by atoms with Crippen molar-refractivity contribution in [2.75, 3.05) is 34.7 Å². The van der Waals surface area contributed by atoms with E-state index in [-0.39, 0.29) is 29.7 Å². The van der Waals surface area contributed by atoms with Crippen LogP contribution < -0.4 is 5.73 Å². The van der Waals surface area contributed by atoms with Gasteiger partial charge in [-0.2, -0.15) is 0 Å². The number of fused-ring (bicyclic) bond motifs is 3. The van der Waals surface area contributed by atoms with E-state index >= 15 is 0 Å². The van der Waals surface area contributed by atoms with Crippen molar-refractivity contribution in [2.24, 2.45) is 17.6 Å². The van der Waals surface area contributed by atoms with Crippen LogP contribution in [0.3, 0.4) is 0 Å². The molecule has 0 spiro atoms. The zero-order valence-corrected chi connectivity index (χ0v) is 24.7. The smallest absolute Gasteiger partial charge is 0.255 e. The largest absolute Gasteiger partial charge is 0.508 e. The van der Waals surface area contributed by atoms with Crippen LogP contribution in [0.15, 0.2) is 65.5 Å². The lowest BCUT2D eigenvalue weighted by Gasteiger charge is -2.50. The Morgan fingerprint density at radius 3 is 2.28 bits per heavy atom. The van der Waals surface area contributed by atoms with Crippen molar-refractivity contribution in [3.63, 3.8) is 0 Å².